The van der Waals surface area contributed by atoms with Gasteiger partial charge in [-0.05, 0) is 50.5 Å². The molecule has 0 saturated carbocycles. The maximum absolute atomic E-state index is 12.7. The van der Waals surface area contributed by atoms with E-state index < -0.39 is 18.0 Å². The molecule has 0 aliphatic carbocycles. The summed E-state index contributed by atoms with van der Waals surface area (Å²) in [5.41, 5.74) is 0.872. The quantitative estimate of drug-likeness (QED) is 0.376. The zero-order valence-corrected chi connectivity index (χ0v) is 20.3. The molecule has 3 aromatic rings. The SMILES string of the molecule is CCOC(=O)c1c(-c2ccc(C(=O)Nc3cc(Cl)ccn3)cc2)nc(OC(=O)N2CCCCC2)n1N. The molecule has 1 aliphatic heterocycles. The Morgan fingerprint density at radius 2 is 1.83 bits per heavy atom. The van der Waals surface area contributed by atoms with Crippen LogP contribution in [-0.4, -0.2) is 57.2 Å². The Kier molecular flexibility index (Phi) is 7.69. The number of nitrogens with two attached hydrogens (primary N) is 1. The molecule has 12 heteroatoms. The van der Waals surface area contributed by atoms with Crippen LogP contribution in [-0.2, 0) is 4.74 Å². The summed E-state index contributed by atoms with van der Waals surface area (Å²) < 4.78 is 11.5. The number of hydrogen-bond donors (Lipinski definition) is 2. The fourth-order valence-corrected chi connectivity index (χ4v) is 3.90. The number of rotatable bonds is 6. The number of esters is 1. The summed E-state index contributed by atoms with van der Waals surface area (Å²) in [6, 6.07) is 9.20. The topological polar surface area (TPSA) is 142 Å². The van der Waals surface area contributed by atoms with Crippen LogP contribution >= 0.6 is 11.6 Å². The molecule has 0 bridgehead atoms. The normalized spacial score (nSPS) is 13.2. The first-order chi connectivity index (χ1) is 17.4. The van der Waals surface area contributed by atoms with Gasteiger partial charge in [0.25, 0.3) is 5.91 Å². The van der Waals surface area contributed by atoms with Gasteiger partial charge in [-0.2, -0.15) is 4.98 Å². The number of anilines is 1. The number of imidazole rings is 1. The minimum absolute atomic E-state index is 0.0846. The highest BCUT2D eigenvalue weighted by Gasteiger charge is 2.28. The van der Waals surface area contributed by atoms with E-state index in [1.54, 1.807) is 42.2 Å². The summed E-state index contributed by atoms with van der Waals surface area (Å²) in [5.74, 6) is 5.29. The molecule has 1 fully saturated rings. The van der Waals surface area contributed by atoms with E-state index in [4.69, 9.17) is 26.9 Å². The Balaban J connectivity index is 1.59. The van der Waals surface area contributed by atoms with Crippen LogP contribution < -0.4 is 15.9 Å². The average Bonchev–Trinajstić information content (AvgIpc) is 3.20. The Morgan fingerprint density at radius 1 is 1.11 bits per heavy atom. The lowest BCUT2D eigenvalue weighted by Gasteiger charge is -2.25. The van der Waals surface area contributed by atoms with Crippen LogP contribution in [0.15, 0.2) is 42.6 Å². The fraction of sp³-hybridized carbons (Fsp3) is 0.292. The molecule has 0 spiro atoms. The van der Waals surface area contributed by atoms with E-state index in [0.29, 0.717) is 35.1 Å². The minimum Gasteiger partial charge on any atom is -0.461 e. The molecule has 0 unspecified atom stereocenters. The number of benzene rings is 1. The molecule has 4 rings (SSSR count). The van der Waals surface area contributed by atoms with Crippen molar-refractivity contribution >= 4 is 35.4 Å². The van der Waals surface area contributed by atoms with Gasteiger partial charge in [0, 0.05) is 35.4 Å². The van der Waals surface area contributed by atoms with Gasteiger partial charge in [-0.25, -0.2) is 19.2 Å². The Labute approximate surface area is 212 Å². The second-order valence-corrected chi connectivity index (χ2v) is 8.42. The van der Waals surface area contributed by atoms with Crippen molar-refractivity contribution < 1.29 is 23.9 Å². The number of piperidine rings is 1. The lowest BCUT2D eigenvalue weighted by molar-refractivity contribution is 0.0515. The van der Waals surface area contributed by atoms with Gasteiger partial charge >= 0.3 is 18.1 Å². The van der Waals surface area contributed by atoms with Crippen molar-refractivity contribution in [2.75, 3.05) is 30.9 Å². The lowest BCUT2D eigenvalue weighted by atomic mass is 10.1. The molecular weight excluding hydrogens is 488 g/mol. The van der Waals surface area contributed by atoms with Gasteiger partial charge in [-0.15, -0.1) is 0 Å². The number of aromatic nitrogens is 3. The molecule has 3 heterocycles. The molecule has 0 atom stereocenters. The zero-order chi connectivity index (χ0) is 25.7. The minimum atomic E-state index is -0.725. The van der Waals surface area contributed by atoms with Gasteiger partial charge in [0.2, 0.25) is 0 Å². The third kappa shape index (κ3) is 5.57. The first-order valence-corrected chi connectivity index (χ1v) is 11.8. The van der Waals surface area contributed by atoms with E-state index in [0.717, 1.165) is 23.9 Å². The van der Waals surface area contributed by atoms with E-state index >= 15 is 0 Å². The fourth-order valence-electron chi connectivity index (χ4n) is 3.74. The van der Waals surface area contributed by atoms with Crippen LogP contribution in [0.4, 0.5) is 10.6 Å². The number of ether oxygens (including phenoxy) is 2. The van der Waals surface area contributed by atoms with Gasteiger partial charge in [-0.1, -0.05) is 23.7 Å². The van der Waals surface area contributed by atoms with Crippen LogP contribution in [0.2, 0.25) is 5.02 Å². The Morgan fingerprint density at radius 3 is 2.50 bits per heavy atom. The number of carbonyl (C=O) groups excluding carboxylic acids is 3. The summed E-state index contributed by atoms with van der Waals surface area (Å²) in [4.78, 5) is 47.8. The highest BCUT2D eigenvalue weighted by atomic mass is 35.5. The molecule has 1 saturated heterocycles. The van der Waals surface area contributed by atoms with E-state index in [-0.39, 0.29) is 24.0 Å². The van der Waals surface area contributed by atoms with Gasteiger partial charge in [0.15, 0.2) is 5.69 Å². The molecule has 3 N–H and O–H groups in total. The van der Waals surface area contributed by atoms with Crippen LogP contribution in [0.5, 0.6) is 6.01 Å². The molecule has 1 aliphatic rings. The average molecular weight is 513 g/mol. The van der Waals surface area contributed by atoms with Crippen molar-refractivity contribution in [3.8, 4) is 17.3 Å². The summed E-state index contributed by atoms with van der Waals surface area (Å²) in [7, 11) is 0. The molecule has 36 heavy (non-hydrogen) atoms. The Bertz CT molecular complexity index is 1270. The molecule has 2 amide bonds. The van der Waals surface area contributed by atoms with Crippen molar-refractivity contribution in [2.24, 2.45) is 0 Å². The zero-order valence-electron chi connectivity index (χ0n) is 19.6. The van der Waals surface area contributed by atoms with Crippen molar-refractivity contribution in [3.05, 3.63) is 58.9 Å². The van der Waals surface area contributed by atoms with Crippen molar-refractivity contribution in [2.45, 2.75) is 26.2 Å². The summed E-state index contributed by atoms with van der Waals surface area (Å²) >= 11 is 5.93. The lowest BCUT2D eigenvalue weighted by Crippen LogP contribution is -2.38. The van der Waals surface area contributed by atoms with Gasteiger partial charge < -0.3 is 25.5 Å². The number of likely N-dealkylation sites (tertiary alicyclic amines) is 1. The number of amides is 2. The molecule has 2 aromatic heterocycles. The third-order valence-electron chi connectivity index (χ3n) is 5.52. The number of halogens is 1. The second-order valence-electron chi connectivity index (χ2n) is 7.99. The highest BCUT2D eigenvalue weighted by molar-refractivity contribution is 6.30. The number of pyridine rings is 1. The van der Waals surface area contributed by atoms with Gasteiger partial charge in [-0.3, -0.25) is 4.79 Å². The first-order valence-electron chi connectivity index (χ1n) is 11.4. The number of carbonyl (C=O) groups is 3. The third-order valence-corrected chi connectivity index (χ3v) is 5.76. The van der Waals surface area contributed by atoms with Crippen LogP contribution in [0, 0.1) is 0 Å². The van der Waals surface area contributed by atoms with Crippen LogP contribution in [0.25, 0.3) is 11.3 Å². The molecular formula is C24H25ClN6O5. The maximum atomic E-state index is 12.7. The van der Waals surface area contributed by atoms with Crippen molar-refractivity contribution in [1.29, 1.82) is 0 Å². The second kappa shape index (κ2) is 11.1. The summed E-state index contributed by atoms with van der Waals surface area (Å²) in [5, 5.41) is 3.10. The largest absolute Gasteiger partial charge is 0.461 e. The summed E-state index contributed by atoms with van der Waals surface area (Å²) in [6.45, 7) is 2.93. The van der Waals surface area contributed by atoms with E-state index in [9.17, 15) is 14.4 Å². The van der Waals surface area contributed by atoms with Crippen LogP contribution in [0.3, 0.4) is 0 Å². The predicted octanol–water partition coefficient (Wildman–Crippen LogP) is 3.73. The standard InChI is InChI=1S/C24H25ClN6O5/c1-2-35-22(33)20-19(29-23(31(20)26)36-24(34)30-12-4-3-5-13-30)15-6-8-16(9-7-15)21(32)28-18-14-17(25)10-11-27-18/h6-11,14H,2-5,12-13,26H2,1H3,(H,27,28,32). The number of nitrogen functional groups attached to an aromatic ring is 1. The number of nitrogens with one attached hydrogen (secondary N) is 1. The van der Waals surface area contributed by atoms with Gasteiger partial charge in [0.05, 0.1) is 6.61 Å². The smallest absolute Gasteiger partial charge is 0.417 e. The van der Waals surface area contributed by atoms with E-state index in [1.807, 2.05) is 0 Å². The van der Waals surface area contributed by atoms with Gasteiger partial charge in [0.1, 0.15) is 11.5 Å². The van der Waals surface area contributed by atoms with Crippen molar-refractivity contribution in [1.82, 2.24) is 19.5 Å². The van der Waals surface area contributed by atoms with E-state index in [2.05, 4.69) is 15.3 Å². The first kappa shape index (κ1) is 25.0. The summed E-state index contributed by atoms with van der Waals surface area (Å²) in [6.07, 6.45) is 3.72. The van der Waals surface area contributed by atoms with E-state index in [1.165, 1.54) is 12.3 Å². The molecule has 1 aromatic carbocycles. The maximum Gasteiger partial charge on any atom is 0.417 e. The Hall–Kier alpha value is -4.12. The number of hydrogen-bond acceptors (Lipinski definition) is 8. The predicted molar refractivity (Wildman–Crippen MR) is 132 cm³/mol. The highest BCUT2D eigenvalue weighted by Crippen LogP contribution is 2.28. The number of nitrogens with zero attached hydrogens (tertiary/aromatic N) is 4. The molecule has 11 nitrogen and oxygen atoms in total. The molecule has 0 radical (unpaired) electrons. The molecule has 188 valence electrons. The van der Waals surface area contributed by atoms with Crippen molar-refractivity contribution in [3.63, 3.8) is 0 Å². The monoisotopic (exact) mass is 512 g/mol. The van der Waals surface area contributed by atoms with Crippen LogP contribution in [0.1, 0.15) is 47.0 Å².